The zero-order chi connectivity index (χ0) is 17.0. The van der Waals surface area contributed by atoms with Gasteiger partial charge in [-0.05, 0) is 32.6 Å². The molecule has 0 bridgehead atoms. The van der Waals surface area contributed by atoms with Crippen molar-refractivity contribution >= 4 is 17.9 Å². The summed E-state index contributed by atoms with van der Waals surface area (Å²) >= 11 is 0. The number of hydrogen-bond acceptors (Lipinski definition) is 4. The lowest BCUT2D eigenvalue weighted by Gasteiger charge is -2.34. The van der Waals surface area contributed by atoms with Crippen molar-refractivity contribution in [3.63, 3.8) is 0 Å². The van der Waals surface area contributed by atoms with Crippen LogP contribution in [-0.2, 0) is 9.59 Å². The lowest BCUT2D eigenvalue weighted by atomic mass is 9.97. The Bertz CT molecular complexity index is 474. The van der Waals surface area contributed by atoms with Crippen LogP contribution >= 0.6 is 0 Å². The molecule has 0 aromatic heterocycles. The van der Waals surface area contributed by atoms with Gasteiger partial charge in [-0.3, -0.25) is 4.79 Å². The van der Waals surface area contributed by atoms with E-state index in [1.165, 1.54) is 0 Å². The number of amides is 3. The van der Waals surface area contributed by atoms with Crippen molar-refractivity contribution in [3.05, 3.63) is 0 Å². The highest BCUT2D eigenvalue weighted by molar-refractivity contribution is 5.82. The third-order valence-electron chi connectivity index (χ3n) is 4.51. The minimum atomic E-state index is -1.99. The number of piperidine rings is 1. The molecular weight excluding hydrogens is 302 g/mol. The van der Waals surface area contributed by atoms with E-state index in [9.17, 15) is 19.5 Å². The Balaban J connectivity index is 1.86. The van der Waals surface area contributed by atoms with E-state index in [4.69, 9.17) is 5.11 Å². The molecule has 130 valence electrons. The zero-order valence-corrected chi connectivity index (χ0v) is 13.5. The highest BCUT2D eigenvalue weighted by Crippen LogP contribution is 2.20. The Morgan fingerprint density at radius 2 is 1.74 bits per heavy atom. The van der Waals surface area contributed by atoms with E-state index >= 15 is 0 Å². The van der Waals surface area contributed by atoms with Gasteiger partial charge in [0.2, 0.25) is 5.91 Å². The SMILES string of the molecule is CC(O)(CNC(=O)C1CCCN(C(=O)N2CCCC2)C1)C(=O)O. The Morgan fingerprint density at radius 1 is 1.13 bits per heavy atom. The molecule has 3 amide bonds. The predicted octanol–water partition coefficient (Wildman–Crippen LogP) is -0.134. The van der Waals surface area contributed by atoms with E-state index < -0.39 is 11.6 Å². The minimum Gasteiger partial charge on any atom is -0.479 e. The van der Waals surface area contributed by atoms with Gasteiger partial charge in [0.05, 0.1) is 12.5 Å². The number of aliphatic hydroxyl groups is 1. The molecule has 0 aromatic carbocycles. The maximum atomic E-state index is 12.4. The predicted molar refractivity (Wildman–Crippen MR) is 81.8 cm³/mol. The number of nitrogens with zero attached hydrogens (tertiary/aromatic N) is 2. The Hall–Kier alpha value is -1.83. The van der Waals surface area contributed by atoms with Crippen molar-refractivity contribution in [2.24, 2.45) is 5.92 Å². The summed E-state index contributed by atoms with van der Waals surface area (Å²) in [5.41, 5.74) is -1.99. The Morgan fingerprint density at radius 3 is 2.35 bits per heavy atom. The van der Waals surface area contributed by atoms with Crippen molar-refractivity contribution in [3.8, 4) is 0 Å². The molecule has 0 aromatic rings. The maximum absolute atomic E-state index is 12.4. The highest BCUT2D eigenvalue weighted by atomic mass is 16.4. The fourth-order valence-electron chi connectivity index (χ4n) is 2.95. The molecule has 0 aliphatic carbocycles. The lowest BCUT2D eigenvalue weighted by molar-refractivity contribution is -0.156. The second-order valence-corrected chi connectivity index (χ2v) is 6.56. The van der Waals surface area contributed by atoms with Crippen LogP contribution in [0.1, 0.15) is 32.6 Å². The quantitative estimate of drug-likeness (QED) is 0.666. The molecule has 8 heteroatoms. The van der Waals surface area contributed by atoms with E-state index in [0.717, 1.165) is 39.3 Å². The second-order valence-electron chi connectivity index (χ2n) is 6.56. The topological polar surface area (TPSA) is 110 Å². The number of urea groups is 1. The monoisotopic (exact) mass is 327 g/mol. The van der Waals surface area contributed by atoms with Gasteiger partial charge in [-0.1, -0.05) is 0 Å². The summed E-state index contributed by atoms with van der Waals surface area (Å²) in [5, 5.41) is 21.0. The van der Waals surface area contributed by atoms with Gasteiger partial charge in [0.15, 0.2) is 5.60 Å². The Labute approximate surface area is 135 Å². The van der Waals surface area contributed by atoms with Crippen molar-refractivity contribution in [1.29, 1.82) is 0 Å². The van der Waals surface area contributed by atoms with Crippen molar-refractivity contribution in [2.75, 3.05) is 32.7 Å². The van der Waals surface area contributed by atoms with E-state index in [2.05, 4.69) is 5.32 Å². The first-order valence-corrected chi connectivity index (χ1v) is 8.08. The fourth-order valence-corrected chi connectivity index (χ4v) is 2.95. The molecule has 2 heterocycles. The number of aliphatic carboxylic acids is 1. The average Bonchev–Trinajstić information content (AvgIpc) is 3.06. The molecule has 2 saturated heterocycles. The average molecular weight is 327 g/mol. The first kappa shape index (κ1) is 17.5. The van der Waals surface area contributed by atoms with Crippen molar-refractivity contribution < 1.29 is 24.6 Å². The van der Waals surface area contributed by atoms with Crippen LogP contribution in [0.25, 0.3) is 0 Å². The molecule has 2 aliphatic heterocycles. The molecule has 2 aliphatic rings. The molecule has 0 spiro atoms. The summed E-state index contributed by atoms with van der Waals surface area (Å²) in [6.07, 6.45) is 3.44. The molecule has 2 atom stereocenters. The molecule has 23 heavy (non-hydrogen) atoms. The van der Waals surface area contributed by atoms with Crippen molar-refractivity contribution in [1.82, 2.24) is 15.1 Å². The standard InChI is InChI=1S/C15H25N3O5/c1-15(23,13(20)21)10-16-12(19)11-5-4-8-18(9-11)14(22)17-6-2-3-7-17/h11,23H,2-10H2,1H3,(H,16,19)(H,20,21). The minimum absolute atomic E-state index is 0.0162. The summed E-state index contributed by atoms with van der Waals surface area (Å²) in [6.45, 7) is 3.32. The van der Waals surface area contributed by atoms with Gasteiger partial charge in [-0.25, -0.2) is 9.59 Å². The largest absolute Gasteiger partial charge is 0.479 e. The molecule has 0 saturated carbocycles. The number of likely N-dealkylation sites (tertiary alicyclic amines) is 2. The van der Waals surface area contributed by atoms with E-state index in [1.54, 1.807) is 4.90 Å². The van der Waals surface area contributed by atoms with Gasteiger partial charge in [-0.2, -0.15) is 0 Å². The number of carboxylic acids is 1. The number of nitrogens with one attached hydrogen (secondary N) is 1. The van der Waals surface area contributed by atoms with Crippen LogP contribution in [0, 0.1) is 5.92 Å². The summed E-state index contributed by atoms with van der Waals surface area (Å²) in [6, 6.07) is -0.0162. The first-order valence-electron chi connectivity index (χ1n) is 8.08. The highest BCUT2D eigenvalue weighted by Gasteiger charge is 2.34. The third-order valence-corrected chi connectivity index (χ3v) is 4.51. The molecule has 3 N–H and O–H groups in total. The van der Waals surface area contributed by atoms with E-state index in [-0.39, 0.29) is 24.4 Å². The van der Waals surface area contributed by atoms with Crippen LogP contribution in [0.15, 0.2) is 0 Å². The molecule has 8 nitrogen and oxygen atoms in total. The normalized spacial score (nSPS) is 24.2. The Kier molecular flexibility index (Phi) is 5.46. The van der Waals surface area contributed by atoms with Gasteiger partial charge in [0.1, 0.15) is 0 Å². The number of carbonyl (C=O) groups is 3. The summed E-state index contributed by atoms with van der Waals surface area (Å²) < 4.78 is 0. The second kappa shape index (κ2) is 7.16. The van der Waals surface area contributed by atoms with Gasteiger partial charge in [0, 0.05) is 26.2 Å². The maximum Gasteiger partial charge on any atom is 0.337 e. The van der Waals surface area contributed by atoms with Crippen LogP contribution in [0.2, 0.25) is 0 Å². The number of hydrogen-bond donors (Lipinski definition) is 3. The van der Waals surface area contributed by atoms with Gasteiger partial charge in [-0.15, -0.1) is 0 Å². The molecule has 0 radical (unpaired) electrons. The fraction of sp³-hybridized carbons (Fsp3) is 0.800. The molecular formula is C15H25N3O5. The summed E-state index contributed by atoms with van der Waals surface area (Å²) in [7, 11) is 0. The van der Waals surface area contributed by atoms with Crippen LogP contribution < -0.4 is 5.32 Å². The van der Waals surface area contributed by atoms with Crippen molar-refractivity contribution in [2.45, 2.75) is 38.2 Å². The number of carboxylic acid groups (broad SMARTS) is 1. The number of rotatable bonds is 4. The molecule has 2 unspecified atom stereocenters. The zero-order valence-electron chi connectivity index (χ0n) is 13.5. The van der Waals surface area contributed by atoms with E-state index in [0.29, 0.717) is 19.5 Å². The first-order chi connectivity index (χ1) is 10.8. The smallest absolute Gasteiger partial charge is 0.337 e. The summed E-state index contributed by atoms with van der Waals surface area (Å²) in [5.74, 6) is -2.06. The van der Waals surface area contributed by atoms with Crippen LogP contribution in [0.5, 0.6) is 0 Å². The van der Waals surface area contributed by atoms with Gasteiger partial charge < -0.3 is 25.3 Å². The molecule has 2 fully saturated rings. The number of carbonyl (C=O) groups excluding carboxylic acids is 2. The lowest BCUT2D eigenvalue weighted by Crippen LogP contribution is -2.52. The van der Waals surface area contributed by atoms with E-state index in [1.807, 2.05) is 4.90 Å². The van der Waals surface area contributed by atoms with Crippen LogP contribution in [0.4, 0.5) is 4.79 Å². The summed E-state index contributed by atoms with van der Waals surface area (Å²) in [4.78, 5) is 38.9. The van der Waals surface area contributed by atoms with Crippen LogP contribution in [-0.4, -0.2) is 76.2 Å². The third kappa shape index (κ3) is 4.34. The molecule has 2 rings (SSSR count). The van der Waals surface area contributed by atoms with Crippen LogP contribution in [0.3, 0.4) is 0 Å². The van der Waals surface area contributed by atoms with Gasteiger partial charge >= 0.3 is 12.0 Å². The van der Waals surface area contributed by atoms with Gasteiger partial charge in [0.25, 0.3) is 0 Å².